The average molecular weight is 275 g/mol. The zero-order valence-corrected chi connectivity index (χ0v) is 11.2. The first kappa shape index (κ1) is 14.2. The maximum atomic E-state index is 11.0. The SMILES string of the molecule is CCSCCCOc1cccc(Cl)c1C(=O)O. The third kappa shape index (κ3) is 4.48. The molecular formula is C12H15ClO3S. The van der Waals surface area contributed by atoms with Crippen LogP contribution >= 0.6 is 23.4 Å². The lowest BCUT2D eigenvalue weighted by Gasteiger charge is -2.09. The van der Waals surface area contributed by atoms with Crippen molar-refractivity contribution in [2.45, 2.75) is 13.3 Å². The zero-order valence-electron chi connectivity index (χ0n) is 9.61. The lowest BCUT2D eigenvalue weighted by molar-refractivity contribution is 0.0692. The Morgan fingerprint density at radius 3 is 2.94 bits per heavy atom. The maximum Gasteiger partial charge on any atom is 0.341 e. The predicted octanol–water partition coefficient (Wildman–Crippen LogP) is 3.56. The van der Waals surface area contributed by atoms with Crippen molar-refractivity contribution in [1.82, 2.24) is 0 Å². The van der Waals surface area contributed by atoms with E-state index in [2.05, 4.69) is 6.92 Å². The summed E-state index contributed by atoms with van der Waals surface area (Å²) < 4.78 is 5.45. The summed E-state index contributed by atoms with van der Waals surface area (Å²) in [6.45, 7) is 2.61. The summed E-state index contributed by atoms with van der Waals surface area (Å²) in [4.78, 5) is 11.0. The van der Waals surface area contributed by atoms with E-state index in [1.807, 2.05) is 11.8 Å². The van der Waals surface area contributed by atoms with Gasteiger partial charge in [-0.1, -0.05) is 24.6 Å². The Balaban J connectivity index is 2.58. The van der Waals surface area contributed by atoms with Crippen molar-refractivity contribution < 1.29 is 14.6 Å². The summed E-state index contributed by atoms with van der Waals surface area (Å²) in [6, 6.07) is 4.86. The Morgan fingerprint density at radius 2 is 2.29 bits per heavy atom. The molecule has 0 saturated heterocycles. The Morgan fingerprint density at radius 1 is 1.53 bits per heavy atom. The van der Waals surface area contributed by atoms with Crippen LogP contribution in [0.2, 0.25) is 5.02 Å². The summed E-state index contributed by atoms with van der Waals surface area (Å²) in [5.74, 6) is 1.37. The molecule has 17 heavy (non-hydrogen) atoms. The molecule has 1 aromatic rings. The molecule has 0 heterocycles. The van der Waals surface area contributed by atoms with Crippen LogP contribution in [0.1, 0.15) is 23.7 Å². The molecule has 5 heteroatoms. The third-order valence-corrected chi connectivity index (χ3v) is 3.38. The number of aromatic carboxylic acids is 1. The molecule has 3 nitrogen and oxygen atoms in total. The molecule has 0 fully saturated rings. The van der Waals surface area contributed by atoms with Gasteiger partial charge in [-0.25, -0.2) is 4.79 Å². The highest BCUT2D eigenvalue weighted by Gasteiger charge is 2.15. The van der Waals surface area contributed by atoms with Crippen molar-refractivity contribution in [3.05, 3.63) is 28.8 Å². The van der Waals surface area contributed by atoms with Crippen molar-refractivity contribution in [2.24, 2.45) is 0 Å². The standard InChI is InChI=1S/C12H15ClO3S/c1-2-17-8-4-7-16-10-6-3-5-9(13)11(10)12(14)15/h3,5-6H,2,4,7-8H2,1H3,(H,14,15). The van der Waals surface area contributed by atoms with Crippen LogP contribution in [-0.2, 0) is 0 Å². The van der Waals surface area contributed by atoms with Crippen LogP contribution in [0.25, 0.3) is 0 Å². The van der Waals surface area contributed by atoms with Crippen molar-refractivity contribution in [3.8, 4) is 5.75 Å². The Bertz CT molecular complexity index is 382. The fourth-order valence-corrected chi connectivity index (χ4v) is 2.18. The molecule has 1 N–H and O–H groups in total. The number of hydrogen-bond acceptors (Lipinski definition) is 3. The summed E-state index contributed by atoms with van der Waals surface area (Å²) in [7, 11) is 0. The first-order chi connectivity index (χ1) is 8.16. The molecule has 1 rings (SSSR count). The number of hydrogen-bond donors (Lipinski definition) is 1. The molecule has 1 aromatic carbocycles. The van der Waals surface area contributed by atoms with Gasteiger partial charge in [0.25, 0.3) is 0 Å². The zero-order chi connectivity index (χ0) is 12.7. The van der Waals surface area contributed by atoms with Gasteiger partial charge in [0, 0.05) is 0 Å². The van der Waals surface area contributed by atoms with Crippen LogP contribution in [0, 0.1) is 0 Å². The quantitative estimate of drug-likeness (QED) is 0.772. The van der Waals surface area contributed by atoms with E-state index in [1.165, 1.54) is 0 Å². The molecule has 0 bridgehead atoms. The third-order valence-electron chi connectivity index (χ3n) is 2.08. The van der Waals surface area contributed by atoms with Gasteiger partial charge >= 0.3 is 5.97 Å². The minimum Gasteiger partial charge on any atom is -0.493 e. The molecule has 0 aliphatic carbocycles. The van der Waals surface area contributed by atoms with Crippen LogP contribution in [0.5, 0.6) is 5.75 Å². The molecule has 0 saturated carbocycles. The Kier molecular flexibility index (Phi) is 6.22. The number of carboxylic acids is 1. The average Bonchev–Trinajstić information content (AvgIpc) is 2.28. The lowest BCUT2D eigenvalue weighted by Crippen LogP contribution is -2.05. The number of ether oxygens (including phenoxy) is 1. The normalized spacial score (nSPS) is 10.2. The van der Waals surface area contributed by atoms with Gasteiger partial charge in [-0.2, -0.15) is 11.8 Å². The molecule has 0 aliphatic heterocycles. The van der Waals surface area contributed by atoms with Gasteiger partial charge in [-0.3, -0.25) is 0 Å². The topological polar surface area (TPSA) is 46.5 Å². The first-order valence-electron chi connectivity index (χ1n) is 5.39. The molecule has 0 spiro atoms. The van der Waals surface area contributed by atoms with E-state index < -0.39 is 5.97 Å². The highest BCUT2D eigenvalue weighted by atomic mass is 35.5. The van der Waals surface area contributed by atoms with E-state index >= 15 is 0 Å². The molecular weight excluding hydrogens is 260 g/mol. The minimum absolute atomic E-state index is 0.0392. The minimum atomic E-state index is -1.06. The van der Waals surface area contributed by atoms with Gasteiger partial charge in [-0.15, -0.1) is 0 Å². The highest BCUT2D eigenvalue weighted by molar-refractivity contribution is 7.99. The first-order valence-corrected chi connectivity index (χ1v) is 6.92. The van der Waals surface area contributed by atoms with Crippen molar-refractivity contribution in [2.75, 3.05) is 18.1 Å². The second-order valence-corrected chi connectivity index (χ2v) is 5.12. The monoisotopic (exact) mass is 274 g/mol. The second-order valence-electron chi connectivity index (χ2n) is 3.32. The van der Waals surface area contributed by atoms with Crippen LogP contribution in [0.3, 0.4) is 0 Å². The molecule has 0 unspecified atom stereocenters. The van der Waals surface area contributed by atoms with Crippen LogP contribution < -0.4 is 4.74 Å². The fourth-order valence-electron chi connectivity index (χ4n) is 1.32. The Hall–Kier alpha value is -0.870. The van der Waals surface area contributed by atoms with Crippen LogP contribution in [0.4, 0.5) is 0 Å². The van der Waals surface area contributed by atoms with E-state index in [4.69, 9.17) is 21.4 Å². The van der Waals surface area contributed by atoms with Crippen molar-refractivity contribution in [1.29, 1.82) is 0 Å². The van der Waals surface area contributed by atoms with E-state index in [9.17, 15) is 4.79 Å². The largest absolute Gasteiger partial charge is 0.493 e. The van der Waals surface area contributed by atoms with E-state index in [-0.39, 0.29) is 10.6 Å². The molecule has 0 radical (unpaired) electrons. The smallest absolute Gasteiger partial charge is 0.341 e. The van der Waals surface area contributed by atoms with Crippen molar-refractivity contribution in [3.63, 3.8) is 0 Å². The van der Waals surface area contributed by atoms with Gasteiger partial charge in [0.15, 0.2) is 0 Å². The number of thioether (sulfide) groups is 1. The predicted molar refractivity (Wildman–Crippen MR) is 71.5 cm³/mol. The lowest BCUT2D eigenvalue weighted by atomic mass is 10.2. The van der Waals surface area contributed by atoms with Gasteiger partial charge in [0.1, 0.15) is 11.3 Å². The molecule has 0 atom stereocenters. The molecule has 0 amide bonds. The number of rotatable bonds is 7. The summed E-state index contributed by atoms with van der Waals surface area (Å²) in [5, 5.41) is 9.23. The van der Waals surface area contributed by atoms with Crippen molar-refractivity contribution >= 4 is 29.3 Å². The van der Waals surface area contributed by atoms with Gasteiger partial charge in [-0.05, 0) is 30.1 Å². The molecule has 0 aromatic heterocycles. The summed E-state index contributed by atoms with van der Waals surface area (Å²) in [6.07, 6.45) is 0.893. The number of carbonyl (C=O) groups is 1. The summed E-state index contributed by atoms with van der Waals surface area (Å²) in [5.41, 5.74) is 0.0392. The second kappa shape index (κ2) is 7.45. The Labute approximate surface area is 110 Å². The van der Waals surface area contributed by atoms with Crippen LogP contribution in [-0.4, -0.2) is 29.2 Å². The number of benzene rings is 1. The summed E-state index contributed by atoms with van der Waals surface area (Å²) >= 11 is 7.66. The van der Waals surface area contributed by atoms with E-state index in [1.54, 1.807) is 18.2 Å². The van der Waals surface area contributed by atoms with Gasteiger partial charge < -0.3 is 9.84 Å². The van der Waals surface area contributed by atoms with Gasteiger partial charge in [0.2, 0.25) is 0 Å². The maximum absolute atomic E-state index is 11.0. The van der Waals surface area contributed by atoms with E-state index in [0.29, 0.717) is 12.4 Å². The van der Waals surface area contributed by atoms with E-state index in [0.717, 1.165) is 17.9 Å². The van der Waals surface area contributed by atoms with Gasteiger partial charge in [0.05, 0.1) is 11.6 Å². The van der Waals surface area contributed by atoms with Crippen LogP contribution in [0.15, 0.2) is 18.2 Å². The molecule has 0 aliphatic rings. The number of carboxylic acid groups (broad SMARTS) is 1. The highest BCUT2D eigenvalue weighted by Crippen LogP contribution is 2.26. The number of halogens is 1. The molecule has 94 valence electrons. The fraction of sp³-hybridized carbons (Fsp3) is 0.417.